The smallest absolute Gasteiger partial charge is 0.369 e. The molecule has 9 heteroatoms. The molecule has 1 saturated carbocycles. The number of piperidine rings is 1. The second kappa shape index (κ2) is 6.64. The summed E-state index contributed by atoms with van der Waals surface area (Å²) < 4.78 is 42.0. The number of ether oxygens (including phenoxy) is 1. The van der Waals surface area contributed by atoms with Crippen LogP contribution in [0.25, 0.3) is 0 Å². The largest absolute Gasteiger partial charge is 0.522 e. The molecule has 126 valence electrons. The second-order valence-corrected chi connectivity index (χ2v) is 5.81. The number of alkyl halides is 3. The van der Waals surface area contributed by atoms with E-state index in [-0.39, 0.29) is 24.5 Å². The van der Waals surface area contributed by atoms with E-state index in [9.17, 15) is 13.2 Å². The molecule has 22 heavy (non-hydrogen) atoms. The second-order valence-electron chi connectivity index (χ2n) is 5.81. The van der Waals surface area contributed by atoms with Gasteiger partial charge in [-0.3, -0.25) is 9.42 Å². The Balaban J connectivity index is 0.00000176. The number of rotatable bonds is 3. The summed E-state index contributed by atoms with van der Waals surface area (Å²) in [6.45, 7) is 1.80. The van der Waals surface area contributed by atoms with E-state index < -0.39 is 12.5 Å². The zero-order valence-corrected chi connectivity index (χ0v) is 12.8. The molecule has 1 aromatic rings. The van der Waals surface area contributed by atoms with Crippen LogP contribution in [0.4, 0.5) is 18.9 Å². The Kier molecular flexibility index (Phi) is 5.24. The summed E-state index contributed by atoms with van der Waals surface area (Å²) in [7, 11) is 0. The van der Waals surface area contributed by atoms with Gasteiger partial charge in [-0.2, -0.15) is 5.10 Å². The number of halogens is 4. The van der Waals surface area contributed by atoms with Gasteiger partial charge >= 0.3 is 6.36 Å². The monoisotopic (exact) mass is 340 g/mol. The molecular formula is C13H20ClF3N4O. The van der Waals surface area contributed by atoms with Gasteiger partial charge in [-0.25, -0.2) is 0 Å². The molecule has 0 bridgehead atoms. The maximum atomic E-state index is 12.1. The summed E-state index contributed by atoms with van der Waals surface area (Å²) in [6.07, 6.45) is 1.01. The van der Waals surface area contributed by atoms with E-state index in [0.29, 0.717) is 12.8 Å². The fourth-order valence-corrected chi connectivity index (χ4v) is 2.89. The lowest BCUT2D eigenvalue weighted by Crippen LogP contribution is -2.39. The summed E-state index contributed by atoms with van der Waals surface area (Å²) in [4.78, 5) is 2.22. The Morgan fingerprint density at radius 1 is 1.23 bits per heavy atom. The molecular weight excluding hydrogens is 321 g/mol. The summed E-state index contributed by atoms with van der Waals surface area (Å²) in [5.41, 5.74) is 6.89. The maximum absolute atomic E-state index is 12.1. The van der Waals surface area contributed by atoms with Crippen molar-refractivity contribution in [3.05, 3.63) is 12.4 Å². The van der Waals surface area contributed by atoms with Crippen LogP contribution in [0.5, 0.6) is 0 Å². The Hall–Kier alpha value is -0.990. The van der Waals surface area contributed by atoms with Crippen molar-refractivity contribution in [2.45, 2.75) is 50.2 Å². The third-order valence-electron chi connectivity index (χ3n) is 4.24. The highest BCUT2D eigenvalue weighted by molar-refractivity contribution is 5.85. The minimum atomic E-state index is -4.54. The van der Waals surface area contributed by atoms with E-state index in [1.54, 1.807) is 10.9 Å². The van der Waals surface area contributed by atoms with Gasteiger partial charge in [0.1, 0.15) is 0 Å². The molecule has 0 amide bonds. The number of nitrogens with two attached hydrogens (primary N) is 1. The zero-order chi connectivity index (χ0) is 15.0. The summed E-state index contributed by atoms with van der Waals surface area (Å²) >= 11 is 0. The lowest BCUT2D eigenvalue weighted by Gasteiger charge is -2.35. The molecule has 3 rings (SSSR count). The first kappa shape index (κ1) is 17.4. The predicted molar refractivity (Wildman–Crippen MR) is 78.1 cm³/mol. The van der Waals surface area contributed by atoms with Gasteiger partial charge in [0.25, 0.3) is 0 Å². The Labute approximate surface area is 133 Å². The van der Waals surface area contributed by atoms with E-state index in [0.717, 1.165) is 31.6 Å². The van der Waals surface area contributed by atoms with Crippen molar-refractivity contribution in [1.82, 2.24) is 9.78 Å². The third-order valence-corrected chi connectivity index (χ3v) is 4.24. The van der Waals surface area contributed by atoms with Crippen molar-refractivity contribution in [1.29, 1.82) is 0 Å². The first-order valence-electron chi connectivity index (χ1n) is 7.20. The fraction of sp³-hybridized carbons (Fsp3) is 0.769. The SMILES string of the molecule is Cl.NC1CCN(c2cnn(C3CC(OC(F)(F)F)C3)c2)CC1. The van der Waals surface area contributed by atoms with Crippen molar-refractivity contribution in [2.75, 3.05) is 18.0 Å². The van der Waals surface area contributed by atoms with Crippen LogP contribution in [0.3, 0.4) is 0 Å². The first-order chi connectivity index (χ1) is 9.90. The molecule has 1 aliphatic heterocycles. The van der Waals surface area contributed by atoms with Crippen LogP contribution in [0.2, 0.25) is 0 Å². The van der Waals surface area contributed by atoms with Crippen LogP contribution in [0.15, 0.2) is 12.4 Å². The highest BCUT2D eigenvalue weighted by atomic mass is 35.5. The molecule has 0 atom stereocenters. The average Bonchev–Trinajstić information content (AvgIpc) is 2.82. The molecule has 0 radical (unpaired) electrons. The quantitative estimate of drug-likeness (QED) is 0.918. The number of hydrogen-bond donors (Lipinski definition) is 1. The van der Waals surface area contributed by atoms with Crippen molar-refractivity contribution >= 4 is 18.1 Å². The molecule has 0 spiro atoms. The number of aromatic nitrogens is 2. The minimum Gasteiger partial charge on any atom is -0.369 e. The number of anilines is 1. The normalized spacial score (nSPS) is 26.5. The van der Waals surface area contributed by atoms with E-state index in [2.05, 4.69) is 14.7 Å². The highest BCUT2D eigenvalue weighted by Crippen LogP contribution is 2.38. The number of hydrogen-bond acceptors (Lipinski definition) is 4. The van der Waals surface area contributed by atoms with Gasteiger partial charge in [-0.05, 0) is 25.7 Å². The fourth-order valence-electron chi connectivity index (χ4n) is 2.89. The summed E-state index contributed by atoms with van der Waals surface area (Å²) in [5, 5.41) is 4.27. The lowest BCUT2D eigenvalue weighted by molar-refractivity contribution is -0.353. The van der Waals surface area contributed by atoms with Crippen LogP contribution < -0.4 is 10.6 Å². The molecule has 2 fully saturated rings. The summed E-state index contributed by atoms with van der Waals surface area (Å²) in [6, 6.07) is 0.265. The van der Waals surface area contributed by atoms with E-state index in [1.807, 2.05) is 6.20 Å². The molecule has 0 unspecified atom stereocenters. The molecule has 2 N–H and O–H groups in total. The van der Waals surface area contributed by atoms with Gasteiger partial charge < -0.3 is 10.6 Å². The van der Waals surface area contributed by atoms with E-state index in [4.69, 9.17) is 5.73 Å². The van der Waals surface area contributed by atoms with Crippen molar-refractivity contribution < 1.29 is 17.9 Å². The van der Waals surface area contributed by atoms with Crippen LogP contribution in [0.1, 0.15) is 31.7 Å². The Morgan fingerprint density at radius 2 is 1.86 bits per heavy atom. The van der Waals surface area contributed by atoms with Gasteiger partial charge in [-0.15, -0.1) is 25.6 Å². The van der Waals surface area contributed by atoms with Crippen LogP contribution in [-0.4, -0.2) is 41.4 Å². The van der Waals surface area contributed by atoms with Crippen molar-refractivity contribution in [3.8, 4) is 0 Å². The molecule has 2 heterocycles. The topological polar surface area (TPSA) is 56.3 Å². The van der Waals surface area contributed by atoms with Gasteiger partial charge in [0.2, 0.25) is 0 Å². The molecule has 1 aromatic heterocycles. The predicted octanol–water partition coefficient (Wildman–Crippen LogP) is 2.47. The van der Waals surface area contributed by atoms with Gasteiger partial charge in [0, 0.05) is 25.3 Å². The zero-order valence-electron chi connectivity index (χ0n) is 12.0. The first-order valence-corrected chi connectivity index (χ1v) is 7.20. The van der Waals surface area contributed by atoms with Crippen LogP contribution in [-0.2, 0) is 4.74 Å². The molecule has 2 aliphatic rings. The minimum absolute atomic E-state index is 0. The molecule has 1 saturated heterocycles. The molecule has 5 nitrogen and oxygen atoms in total. The molecule has 0 aromatic carbocycles. The Bertz CT molecular complexity index is 482. The van der Waals surface area contributed by atoms with E-state index in [1.165, 1.54) is 0 Å². The van der Waals surface area contributed by atoms with E-state index >= 15 is 0 Å². The summed E-state index contributed by atoms with van der Waals surface area (Å²) in [5.74, 6) is 0. The van der Waals surface area contributed by atoms with Gasteiger partial charge in [0.05, 0.1) is 24.0 Å². The molecule has 1 aliphatic carbocycles. The third kappa shape index (κ3) is 4.05. The standard InChI is InChI=1S/C13H19F3N4O.ClH/c14-13(15,16)21-12-5-10(6-12)20-8-11(7-18-20)19-3-1-9(17)2-4-19;/h7-10,12H,1-6,17H2;1H. The maximum Gasteiger partial charge on any atom is 0.522 e. The number of nitrogens with zero attached hydrogens (tertiary/aromatic N) is 3. The highest BCUT2D eigenvalue weighted by Gasteiger charge is 2.41. The average molecular weight is 341 g/mol. The van der Waals surface area contributed by atoms with Gasteiger partial charge in [-0.1, -0.05) is 0 Å². The lowest BCUT2D eigenvalue weighted by atomic mass is 9.89. The van der Waals surface area contributed by atoms with Crippen molar-refractivity contribution in [2.24, 2.45) is 5.73 Å². The van der Waals surface area contributed by atoms with Crippen LogP contribution in [0, 0.1) is 0 Å². The Morgan fingerprint density at radius 3 is 2.45 bits per heavy atom. The van der Waals surface area contributed by atoms with Crippen LogP contribution >= 0.6 is 12.4 Å². The van der Waals surface area contributed by atoms with Crippen molar-refractivity contribution in [3.63, 3.8) is 0 Å². The van der Waals surface area contributed by atoms with Gasteiger partial charge in [0.15, 0.2) is 0 Å².